The summed E-state index contributed by atoms with van der Waals surface area (Å²) in [5, 5.41) is -0.0455. The van der Waals surface area contributed by atoms with Gasteiger partial charge < -0.3 is 24.0 Å². The average Bonchev–Trinajstić information content (AvgIpc) is 3.30. The molecular formula is C19H28N2O4S. The number of thioether (sulfide) groups is 1. The van der Waals surface area contributed by atoms with Crippen LogP contribution in [0.15, 0.2) is 12.1 Å². The predicted molar refractivity (Wildman–Crippen MR) is 103 cm³/mol. The Labute approximate surface area is 159 Å². The van der Waals surface area contributed by atoms with Crippen LogP contribution in [0.4, 0.5) is 0 Å². The summed E-state index contributed by atoms with van der Waals surface area (Å²) >= 11 is 1.64. The summed E-state index contributed by atoms with van der Waals surface area (Å²) in [6.45, 7) is 4.21. The number of benzene rings is 1. The molecule has 1 atom stereocenters. The number of carbonyl (C=O) groups is 1. The third-order valence-electron chi connectivity index (χ3n) is 5.04. The number of hydrogen-bond donors (Lipinski definition) is 0. The first-order chi connectivity index (χ1) is 12.7. The van der Waals surface area contributed by atoms with E-state index in [9.17, 15) is 4.79 Å². The van der Waals surface area contributed by atoms with Crippen LogP contribution in [0.2, 0.25) is 0 Å². The van der Waals surface area contributed by atoms with Crippen LogP contribution in [0, 0.1) is 0 Å². The van der Waals surface area contributed by atoms with Crippen LogP contribution in [0.5, 0.6) is 17.2 Å². The van der Waals surface area contributed by atoms with E-state index in [1.807, 2.05) is 17.0 Å². The second kappa shape index (κ2) is 8.86. The fourth-order valence-electron chi connectivity index (χ4n) is 3.74. The van der Waals surface area contributed by atoms with Crippen LogP contribution in [0.3, 0.4) is 0 Å². The Bertz CT molecular complexity index is 634. The maximum absolute atomic E-state index is 12.5. The topological polar surface area (TPSA) is 51.2 Å². The fraction of sp³-hybridized carbons (Fsp3) is 0.632. The maximum atomic E-state index is 12.5. The second-order valence-corrected chi connectivity index (χ2v) is 7.64. The van der Waals surface area contributed by atoms with E-state index < -0.39 is 0 Å². The van der Waals surface area contributed by atoms with Crippen molar-refractivity contribution >= 4 is 17.7 Å². The highest BCUT2D eigenvalue weighted by atomic mass is 32.2. The van der Waals surface area contributed by atoms with Crippen molar-refractivity contribution in [3.63, 3.8) is 0 Å². The molecule has 144 valence electrons. The lowest BCUT2D eigenvalue weighted by molar-refractivity contribution is -0.128. The lowest BCUT2D eigenvalue weighted by Crippen LogP contribution is -2.32. The van der Waals surface area contributed by atoms with Crippen molar-refractivity contribution in [1.82, 2.24) is 9.80 Å². The highest BCUT2D eigenvalue weighted by Gasteiger charge is 2.35. The van der Waals surface area contributed by atoms with E-state index in [4.69, 9.17) is 14.2 Å². The van der Waals surface area contributed by atoms with Crippen LogP contribution < -0.4 is 14.2 Å². The average molecular weight is 381 g/mol. The van der Waals surface area contributed by atoms with Gasteiger partial charge in [-0.05, 0) is 51.0 Å². The Morgan fingerprint density at radius 1 is 1.04 bits per heavy atom. The van der Waals surface area contributed by atoms with E-state index in [-0.39, 0.29) is 11.3 Å². The van der Waals surface area contributed by atoms with Gasteiger partial charge in [0.05, 0.1) is 27.1 Å². The minimum atomic E-state index is -0.0455. The molecule has 0 bridgehead atoms. The van der Waals surface area contributed by atoms with Gasteiger partial charge in [-0.15, -0.1) is 11.8 Å². The smallest absolute Gasteiger partial charge is 0.233 e. The van der Waals surface area contributed by atoms with Crippen LogP contribution in [0.1, 0.15) is 30.2 Å². The van der Waals surface area contributed by atoms with Gasteiger partial charge in [0.1, 0.15) is 5.37 Å². The summed E-state index contributed by atoms with van der Waals surface area (Å²) in [4.78, 5) is 16.9. The van der Waals surface area contributed by atoms with E-state index in [0.717, 1.165) is 25.1 Å². The molecule has 1 aromatic rings. The number of carbonyl (C=O) groups excluding carboxylic acids is 1. The van der Waals surface area contributed by atoms with E-state index in [0.29, 0.717) is 23.0 Å². The summed E-state index contributed by atoms with van der Waals surface area (Å²) in [6.07, 6.45) is 3.59. The van der Waals surface area contributed by atoms with Gasteiger partial charge in [-0.1, -0.05) is 0 Å². The zero-order valence-corrected chi connectivity index (χ0v) is 16.6. The molecule has 1 aromatic carbocycles. The molecule has 2 saturated heterocycles. The molecular weight excluding hydrogens is 352 g/mol. The Morgan fingerprint density at radius 3 is 2.42 bits per heavy atom. The zero-order valence-electron chi connectivity index (χ0n) is 15.8. The number of nitrogens with zero attached hydrogens (tertiary/aromatic N) is 2. The number of methoxy groups -OCH3 is 3. The molecule has 0 radical (unpaired) electrons. The van der Waals surface area contributed by atoms with Crippen LogP contribution >= 0.6 is 11.8 Å². The molecule has 0 N–H and O–H groups in total. The molecule has 2 heterocycles. The molecule has 0 spiro atoms. The fourth-order valence-corrected chi connectivity index (χ4v) is 4.98. The summed E-state index contributed by atoms with van der Waals surface area (Å²) in [7, 11) is 4.83. The predicted octanol–water partition coefficient (Wildman–Crippen LogP) is 2.77. The van der Waals surface area contributed by atoms with Crippen molar-refractivity contribution in [1.29, 1.82) is 0 Å². The van der Waals surface area contributed by atoms with Crippen molar-refractivity contribution in [2.24, 2.45) is 0 Å². The lowest BCUT2D eigenvalue weighted by Gasteiger charge is -2.27. The molecule has 26 heavy (non-hydrogen) atoms. The molecule has 1 amide bonds. The minimum Gasteiger partial charge on any atom is -0.493 e. The Hall–Kier alpha value is -1.60. The summed E-state index contributed by atoms with van der Waals surface area (Å²) in [5.41, 5.74) is 0.960. The third kappa shape index (κ3) is 3.88. The van der Waals surface area contributed by atoms with Crippen molar-refractivity contribution < 1.29 is 19.0 Å². The molecule has 1 unspecified atom stereocenters. The van der Waals surface area contributed by atoms with E-state index in [1.54, 1.807) is 33.1 Å². The van der Waals surface area contributed by atoms with E-state index in [1.165, 1.54) is 25.9 Å². The highest BCUT2D eigenvalue weighted by molar-refractivity contribution is 8.00. The zero-order chi connectivity index (χ0) is 18.5. The number of rotatable bonds is 8. The summed E-state index contributed by atoms with van der Waals surface area (Å²) < 4.78 is 16.5. The van der Waals surface area contributed by atoms with E-state index >= 15 is 0 Å². The number of hydrogen-bond acceptors (Lipinski definition) is 6. The van der Waals surface area contributed by atoms with Gasteiger partial charge in [0.2, 0.25) is 11.7 Å². The van der Waals surface area contributed by atoms with Crippen LogP contribution in [-0.2, 0) is 4.79 Å². The molecule has 2 aliphatic rings. The number of amides is 1. The van der Waals surface area contributed by atoms with Gasteiger partial charge >= 0.3 is 0 Å². The van der Waals surface area contributed by atoms with Crippen molar-refractivity contribution in [3.8, 4) is 17.2 Å². The first kappa shape index (κ1) is 19.2. The monoisotopic (exact) mass is 380 g/mol. The molecule has 7 heteroatoms. The Morgan fingerprint density at radius 2 is 1.77 bits per heavy atom. The largest absolute Gasteiger partial charge is 0.493 e. The first-order valence-electron chi connectivity index (χ1n) is 9.12. The van der Waals surface area contributed by atoms with Gasteiger partial charge in [0.25, 0.3) is 0 Å². The highest BCUT2D eigenvalue weighted by Crippen LogP contribution is 2.48. The molecule has 0 saturated carbocycles. The maximum Gasteiger partial charge on any atom is 0.233 e. The molecule has 0 aromatic heterocycles. The van der Waals surface area contributed by atoms with E-state index in [2.05, 4.69) is 4.90 Å². The minimum absolute atomic E-state index is 0.0455. The summed E-state index contributed by atoms with van der Waals surface area (Å²) in [5.74, 6) is 2.54. The van der Waals surface area contributed by atoms with Crippen molar-refractivity contribution in [2.75, 3.05) is 53.3 Å². The molecule has 2 aliphatic heterocycles. The molecule has 2 fully saturated rings. The lowest BCUT2D eigenvalue weighted by atomic mass is 10.1. The van der Waals surface area contributed by atoms with Gasteiger partial charge in [-0.25, -0.2) is 0 Å². The SMILES string of the molecule is COc1ccc(C2SCC(=O)N2CCCN2CCCC2)c(OC)c1OC. The Kier molecular flexibility index (Phi) is 6.53. The quantitative estimate of drug-likeness (QED) is 0.691. The molecule has 6 nitrogen and oxygen atoms in total. The normalized spacial score (nSPS) is 20.7. The standard InChI is InChI=1S/C19H28N2O4S/c1-23-15-8-7-14(17(24-2)18(15)25-3)19-21(16(22)13-26-19)12-6-11-20-9-4-5-10-20/h7-8,19H,4-6,9-13H2,1-3H3. The van der Waals surface area contributed by atoms with Gasteiger partial charge in [0, 0.05) is 12.1 Å². The molecule has 0 aliphatic carbocycles. The van der Waals surface area contributed by atoms with Crippen LogP contribution in [0.25, 0.3) is 0 Å². The first-order valence-corrected chi connectivity index (χ1v) is 10.2. The van der Waals surface area contributed by atoms with Gasteiger partial charge in [0.15, 0.2) is 11.5 Å². The second-order valence-electron chi connectivity index (χ2n) is 6.58. The van der Waals surface area contributed by atoms with Crippen molar-refractivity contribution in [3.05, 3.63) is 17.7 Å². The Balaban J connectivity index is 1.76. The number of ether oxygens (including phenoxy) is 3. The number of likely N-dealkylation sites (tertiary alicyclic amines) is 1. The van der Waals surface area contributed by atoms with Crippen molar-refractivity contribution in [2.45, 2.75) is 24.6 Å². The van der Waals surface area contributed by atoms with Gasteiger partial charge in [-0.3, -0.25) is 4.79 Å². The summed E-state index contributed by atoms with van der Waals surface area (Å²) in [6, 6.07) is 3.85. The van der Waals surface area contributed by atoms with Gasteiger partial charge in [-0.2, -0.15) is 0 Å². The molecule has 3 rings (SSSR count). The van der Waals surface area contributed by atoms with Crippen LogP contribution in [-0.4, -0.2) is 69.0 Å². The third-order valence-corrected chi connectivity index (χ3v) is 6.28.